The zero-order valence-electron chi connectivity index (χ0n) is 17.1. The molecule has 0 saturated carbocycles. The molecule has 0 atom stereocenters. The first kappa shape index (κ1) is 20.3. The van der Waals surface area contributed by atoms with Gasteiger partial charge in [0.25, 0.3) is 11.5 Å². The summed E-state index contributed by atoms with van der Waals surface area (Å²) in [7, 11) is 1.64. The first-order valence-electron chi connectivity index (χ1n) is 10.0. The first-order chi connectivity index (χ1) is 14.5. The fourth-order valence-corrected chi connectivity index (χ4v) is 4.87. The molecule has 7 nitrogen and oxygen atoms in total. The van der Waals surface area contributed by atoms with Crippen molar-refractivity contribution in [1.82, 2.24) is 19.8 Å². The van der Waals surface area contributed by atoms with Crippen molar-refractivity contribution in [1.29, 1.82) is 0 Å². The minimum Gasteiger partial charge on any atom is -0.351 e. The van der Waals surface area contributed by atoms with Crippen molar-refractivity contribution in [2.24, 2.45) is 7.05 Å². The number of thiophene rings is 1. The molecule has 0 fully saturated rings. The molecule has 156 valence electrons. The summed E-state index contributed by atoms with van der Waals surface area (Å²) in [5.74, 6) is -0.110. The van der Waals surface area contributed by atoms with Gasteiger partial charge in [-0.3, -0.25) is 14.4 Å². The van der Waals surface area contributed by atoms with Crippen molar-refractivity contribution >= 4 is 33.4 Å². The van der Waals surface area contributed by atoms with Gasteiger partial charge < -0.3 is 14.8 Å². The van der Waals surface area contributed by atoms with Gasteiger partial charge in [0.15, 0.2) is 0 Å². The highest BCUT2D eigenvalue weighted by Gasteiger charge is 2.21. The van der Waals surface area contributed by atoms with Crippen molar-refractivity contribution in [3.63, 3.8) is 0 Å². The lowest BCUT2D eigenvalue weighted by molar-refractivity contribution is -0.132. The Morgan fingerprint density at radius 2 is 2.00 bits per heavy atom. The van der Waals surface area contributed by atoms with Crippen molar-refractivity contribution in [2.45, 2.75) is 32.7 Å². The average molecular weight is 425 g/mol. The molecule has 2 aromatic heterocycles. The SMILES string of the molecule is Cc1c(C(=O)NCCCC(=O)N2CCc3ccccc3C2)sc2ncn(C)c(=O)c12. The van der Waals surface area contributed by atoms with Gasteiger partial charge in [0, 0.05) is 33.1 Å². The predicted molar refractivity (Wildman–Crippen MR) is 117 cm³/mol. The molecule has 4 rings (SSSR count). The number of amides is 2. The molecular weight excluding hydrogens is 400 g/mol. The van der Waals surface area contributed by atoms with E-state index in [-0.39, 0.29) is 17.4 Å². The van der Waals surface area contributed by atoms with E-state index >= 15 is 0 Å². The Hall–Kier alpha value is -3.00. The molecule has 3 aromatic rings. The molecule has 0 radical (unpaired) electrons. The van der Waals surface area contributed by atoms with Crippen LogP contribution in [0.2, 0.25) is 0 Å². The zero-order chi connectivity index (χ0) is 21.3. The minimum absolute atomic E-state index is 0.115. The van der Waals surface area contributed by atoms with E-state index in [9.17, 15) is 14.4 Å². The fraction of sp³-hybridized carbons (Fsp3) is 0.364. The molecule has 8 heteroatoms. The smallest absolute Gasteiger partial charge is 0.262 e. The van der Waals surface area contributed by atoms with Gasteiger partial charge in [-0.2, -0.15) is 0 Å². The van der Waals surface area contributed by atoms with E-state index in [0.29, 0.717) is 46.6 Å². The fourth-order valence-electron chi connectivity index (χ4n) is 3.81. The molecule has 0 spiro atoms. The number of aromatic nitrogens is 2. The standard InChI is InChI=1S/C22H24N4O3S/c1-14-18-21(24-13-25(2)22(18)29)30-19(14)20(28)23-10-5-8-17(27)26-11-9-15-6-3-4-7-16(15)12-26/h3-4,6-7,13H,5,8-12H2,1-2H3,(H,23,28). The second-order valence-corrected chi connectivity index (χ2v) is 8.59. The molecule has 1 N–H and O–H groups in total. The maximum atomic E-state index is 12.6. The molecule has 1 aliphatic rings. The van der Waals surface area contributed by atoms with Crippen LogP contribution in [0.1, 0.15) is 39.2 Å². The molecule has 0 unspecified atom stereocenters. The van der Waals surface area contributed by atoms with Crippen LogP contribution in [-0.4, -0.2) is 39.4 Å². The molecule has 0 aliphatic carbocycles. The highest BCUT2D eigenvalue weighted by atomic mass is 32.1. The Bertz CT molecular complexity index is 1180. The Morgan fingerprint density at radius 1 is 1.23 bits per heavy atom. The third kappa shape index (κ3) is 3.87. The summed E-state index contributed by atoms with van der Waals surface area (Å²) in [5, 5.41) is 3.37. The van der Waals surface area contributed by atoms with E-state index in [1.165, 1.54) is 33.4 Å². The summed E-state index contributed by atoms with van der Waals surface area (Å²) < 4.78 is 1.41. The third-order valence-corrected chi connectivity index (χ3v) is 6.75. The van der Waals surface area contributed by atoms with Gasteiger partial charge in [-0.05, 0) is 36.5 Å². The topological polar surface area (TPSA) is 84.3 Å². The van der Waals surface area contributed by atoms with Crippen LogP contribution in [0.3, 0.4) is 0 Å². The van der Waals surface area contributed by atoms with E-state index in [2.05, 4.69) is 22.4 Å². The van der Waals surface area contributed by atoms with Crippen molar-refractivity contribution in [3.8, 4) is 0 Å². The number of hydrogen-bond donors (Lipinski definition) is 1. The molecule has 3 heterocycles. The van der Waals surface area contributed by atoms with Gasteiger partial charge in [0.05, 0.1) is 16.6 Å². The maximum Gasteiger partial charge on any atom is 0.262 e. The number of aryl methyl sites for hydroxylation is 2. The van der Waals surface area contributed by atoms with Crippen molar-refractivity contribution in [2.75, 3.05) is 13.1 Å². The lowest BCUT2D eigenvalue weighted by atomic mass is 9.99. The number of carbonyl (C=O) groups is 2. The van der Waals surface area contributed by atoms with Crippen molar-refractivity contribution in [3.05, 3.63) is 62.5 Å². The molecule has 0 bridgehead atoms. The summed E-state index contributed by atoms with van der Waals surface area (Å²) in [6.07, 6.45) is 3.33. The highest BCUT2D eigenvalue weighted by Crippen LogP contribution is 2.26. The number of benzene rings is 1. The molecule has 1 aromatic carbocycles. The lowest BCUT2D eigenvalue weighted by Gasteiger charge is -2.29. The van der Waals surface area contributed by atoms with Crippen LogP contribution < -0.4 is 10.9 Å². The quantitative estimate of drug-likeness (QED) is 0.638. The van der Waals surface area contributed by atoms with Crippen LogP contribution in [-0.2, 0) is 24.8 Å². The van der Waals surface area contributed by atoms with Gasteiger partial charge in [0.1, 0.15) is 4.83 Å². The normalized spacial score (nSPS) is 13.3. The number of nitrogens with zero attached hydrogens (tertiary/aromatic N) is 3. The molecule has 30 heavy (non-hydrogen) atoms. The first-order valence-corrected chi connectivity index (χ1v) is 10.8. The Morgan fingerprint density at radius 3 is 2.80 bits per heavy atom. The number of fused-ring (bicyclic) bond motifs is 2. The highest BCUT2D eigenvalue weighted by molar-refractivity contribution is 7.20. The average Bonchev–Trinajstić information content (AvgIpc) is 3.10. The summed E-state index contributed by atoms with van der Waals surface area (Å²) in [4.78, 5) is 44.6. The number of nitrogens with one attached hydrogen (secondary N) is 1. The number of rotatable bonds is 5. The van der Waals surface area contributed by atoms with Gasteiger partial charge in [-0.15, -0.1) is 11.3 Å². The second-order valence-electron chi connectivity index (χ2n) is 7.59. The number of hydrogen-bond acceptors (Lipinski definition) is 5. The summed E-state index contributed by atoms with van der Waals surface area (Å²) in [6, 6.07) is 8.23. The van der Waals surface area contributed by atoms with E-state index in [4.69, 9.17) is 0 Å². The van der Waals surface area contributed by atoms with Gasteiger partial charge >= 0.3 is 0 Å². The van der Waals surface area contributed by atoms with Crippen LogP contribution in [0.25, 0.3) is 10.2 Å². The predicted octanol–water partition coefficient (Wildman–Crippen LogP) is 2.40. The Kier molecular flexibility index (Phi) is 5.67. The van der Waals surface area contributed by atoms with Gasteiger partial charge in [0.2, 0.25) is 5.91 Å². The summed E-state index contributed by atoms with van der Waals surface area (Å²) in [5.41, 5.74) is 3.04. The molecule has 2 amide bonds. The molecule has 0 saturated heterocycles. The number of carbonyl (C=O) groups excluding carboxylic acids is 2. The van der Waals surface area contributed by atoms with E-state index < -0.39 is 0 Å². The van der Waals surface area contributed by atoms with E-state index in [0.717, 1.165) is 13.0 Å². The second kappa shape index (κ2) is 8.39. The van der Waals surface area contributed by atoms with Crippen molar-refractivity contribution < 1.29 is 9.59 Å². The monoisotopic (exact) mass is 424 g/mol. The van der Waals surface area contributed by atoms with Gasteiger partial charge in [-0.25, -0.2) is 4.98 Å². The van der Waals surface area contributed by atoms with E-state index in [1.54, 1.807) is 14.0 Å². The minimum atomic E-state index is -0.225. The maximum absolute atomic E-state index is 12.6. The Labute approximate surface area is 178 Å². The largest absolute Gasteiger partial charge is 0.351 e. The molecule has 1 aliphatic heterocycles. The summed E-state index contributed by atoms with van der Waals surface area (Å²) >= 11 is 1.22. The zero-order valence-corrected chi connectivity index (χ0v) is 17.9. The van der Waals surface area contributed by atoms with Crippen LogP contribution >= 0.6 is 11.3 Å². The summed E-state index contributed by atoms with van der Waals surface area (Å²) in [6.45, 7) is 3.58. The van der Waals surface area contributed by atoms with E-state index in [1.807, 2.05) is 17.0 Å². The molecular formula is C22H24N4O3S. The van der Waals surface area contributed by atoms with Gasteiger partial charge in [-0.1, -0.05) is 24.3 Å². The van der Waals surface area contributed by atoms with Crippen LogP contribution in [0.4, 0.5) is 0 Å². The lowest BCUT2D eigenvalue weighted by Crippen LogP contribution is -2.36. The Balaban J connectivity index is 1.31. The van der Waals surface area contributed by atoms with Crippen LogP contribution in [0, 0.1) is 6.92 Å². The van der Waals surface area contributed by atoms with Crippen LogP contribution in [0.5, 0.6) is 0 Å². The van der Waals surface area contributed by atoms with Crippen LogP contribution in [0.15, 0.2) is 35.4 Å². The third-order valence-electron chi connectivity index (χ3n) is 5.55.